The van der Waals surface area contributed by atoms with Gasteiger partial charge in [-0.25, -0.2) is 8.78 Å². The van der Waals surface area contributed by atoms with Crippen molar-refractivity contribution in [2.24, 2.45) is 5.92 Å². The molecule has 1 fully saturated rings. The van der Waals surface area contributed by atoms with Crippen molar-refractivity contribution in [3.05, 3.63) is 71.8 Å². The minimum atomic E-state index is -0.746. The lowest BCUT2D eigenvalue weighted by Crippen LogP contribution is -2.13. The number of aryl methyl sites for hydroxylation is 1. The average Bonchev–Trinajstić information content (AvgIpc) is 2.70. The Morgan fingerprint density at radius 3 is 2.30 bits per heavy atom. The van der Waals surface area contributed by atoms with Crippen molar-refractivity contribution >= 4 is 0 Å². The van der Waals surface area contributed by atoms with Crippen LogP contribution in [0.3, 0.4) is 0 Å². The quantitative estimate of drug-likeness (QED) is 0.437. The molecular weight excluding hydrogens is 338 g/mol. The minimum Gasteiger partial charge on any atom is -0.203 e. The van der Waals surface area contributed by atoms with E-state index in [0.717, 1.165) is 11.5 Å². The zero-order valence-corrected chi connectivity index (χ0v) is 16.3. The molecule has 0 bridgehead atoms. The Balaban J connectivity index is 1.72. The summed E-state index contributed by atoms with van der Waals surface area (Å²) in [7, 11) is 0. The summed E-state index contributed by atoms with van der Waals surface area (Å²) in [6, 6.07) is 11.5. The first kappa shape index (κ1) is 19.8. The molecule has 2 heteroatoms. The van der Waals surface area contributed by atoms with E-state index >= 15 is 0 Å². The lowest BCUT2D eigenvalue weighted by Gasteiger charge is -2.28. The monoisotopic (exact) mass is 368 g/mol. The van der Waals surface area contributed by atoms with Crippen molar-refractivity contribution in [2.45, 2.75) is 64.2 Å². The van der Waals surface area contributed by atoms with Crippen molar-refractivity contribution in [2.75, 3.05) is 0 Å². The Morgan fingerprint density at radius 2 is 1.67 bits per heavy atom. The normalized spacial score (nSPS) is 19.8. The van der Waals surface area contributed by atoms with Crippen LogP contribution in [0.1, 0.15) is 68.9 Å². The van der Waals surface area contributed by atoms with Crippen LogP contribution < -0.4 is 0 Å². The lowest BCUT2D eigenvalue weighted by molar-refractivity contribution is 0.308. The fraction of sp³-hybridized carbons (Fsp3) is 0.440. The summed E-state index contributed by atoms with van der Waals surface area (Å²) in [6.07, 6.45) is 10.6. The zero-order chi connectivity index (χ0) is 19.2. The van der Waals surface area contributed by atoms with Crippen LogP contribution in [0.5, 0.6) is 0 Å². The summed E-state index contributed by atoms with van der Waals surface area (Å²) >= 11 is 0. The van der Waals surface area contributed by atoms with E-state index in [1.165, 1.54) is 44.1 Å². The molecule has 0 unspecified atom stereocenters. The second kappa shape index (κ2) is 9.30. The first-order valence-electron chi connectivity index (χ1n) is 10.3. The molecule has 0 spiro atoms. The Morgan fingerprint density at radius 1 is 0.963 bits per heavy atom. The molecule has 2 aromatic rings. The fourth-order valence-electron chi connectivity index (χ4n) is 4.39. The largest absolute Gasteiger partial charge is 0.203 e. The van der Waals surface area contributed by atoms with E-state index in [1.54, 1.807) is 18.2 Å². The van der Waals surface area contributed by atoms with Crippen molar-refractivity contribution in [3.8, 4) is 11.1 Å². The fourth-order valence-corrected chi connectivity index (χ4v) is 4.39. The molecule has 1 aliphatic carbocycles. The van der Waals surface area contributed by atoms with E-state index in [2.05, 4.69) is 25.6 Å². The highest BCUT2D eigenvalue weighted by Crippen LogP contribution is 2.38. The van der Waals surface area contributed by atoms with Gasteiger partial charge in [-0.05, 0) is 67.1 Å². The van der Waals surface area contributed by atoms with Gasteiger partial charge < -0.3 is 0 Å². The molecule has 0 amide bonds. The van der Waals surface area contributed by atoms with Gasteiger partial charge in [0.05, 0.1) is 0 Å². The van der Waals surface area contributed by atoms with Gasteiger partial charge in [0.15, 0.2) is 11.6 Å². The first-order chi connectivity index (χ1) is 13.1. The smallest absolute Gasteiger partial charge is 0.166 e. The summed E-state index contributed by atoms with van der Waals surface area (Å²) < 4.78 is 28.9. The number of halogens is 2. The van der Waals surface area contributed by atoms with Gasteiger partial charge in [-0.2, -0.15) is 0 Å². The number of rotatable bonds is 7. The molecule has 1 saturated carbocycles. The van der Waals surface area contributed by atoms with E-state index in [0.29, 0.717) is 29.9 Å². The highest BCUT2D eigenvalue weighted by Gasteiger charge is 2.22. The summed E-state index contributed by atoms with van der Waals surface area (Å²) in [4.78, 5) is 0. The van der Waals surface area contributed by atoms with Crippen LogP contribution in [0.15, 0.2) is 49.1 Å². The lowest BCUT2D eigenvalue weighted by atomic mass is 9.77. The van der Waals surface area contributed by atoms with E-state index in [4.69, 9.17) is 0 Å². The zero-order valence-electron chi connectivity index (χ0n) is 16.3. The van der Waals surface area contributed by atoms with Crippen LogP contribution in [0.4, 0.5) is 8.78 Å². The molecular formula is C25H30F2. The number of allylic oxidation sites excluding steroid dienone is 1. The Labute approximate surface area is 162 Å². The van der Waals surface area contributed by atoms with Crippen LogP contribution >= 0.6 is 0 Å². The van der Waals surface area contributed by atoms with Gasteiger partial charge in [0.25, 0.3) is 0 Å². The van der Waals surface area contributed by atoms with Crippen LogP contribution in [-0.2, 0) is 6.42 Å². The van der Waals surface area contributed by atoms with Crippen molar-refractivity contribution < 1.29 is 8.78 Å². The molecule has 27 heavy (non-hydrogen) atoms. The highest BCUT2D eigenvalue weighted by molar-refractivity contribution is 5.65. The molecule has 0 radical (unpaired) electrons. The predicted molar refractivity (Wildman–Crippen MR) is 110 cm³/mol. The number of hydrogen-bond acceptors (Lipinski definition) is 0. The van der Waals surface area contributed by atoms with E-state index in [-0.39, 0.29) is 0 Å². The van der Waals surface area contributed by atoms with Crippen LogP contribution in [-0.4, -0.2) is 0 Å². The molecule has 3 rings (SSSR count). The maximum Gasteiger partial charge on any atom is 0.166 e. The van der Waals surface area contributed by atoms with Gasteiger partial charge in [0.2, 0.25) is 0 Å². The number of benzene rings is 2. The Kier molecular flexibility index (Phi) is 6.82. The van der Waals surface area contributed by atoms with Crippen LogP contribution in [0, 0.1) is 17.6 Å². The van der Waals surface area contributed by atoms with Gasteiger partial charge in [-0.3, -0.25) is 0 Å². The van der Waals surface area contributed by atoms with Gasteiger partial charge >= 0.3 is 0 Å². The molecule has 144 valence electrons. The third kappa shape index (κ3) is 4.66. The topological polar surface area (TPSA) is 0 Å². The summed E-state index contributed by atoms with van der Waals surface area (Å²) in [5.74, 6) is 0.0225. The summed E-state index contributed by atoms with van der Waals surface area (Å²) in [5.41, 5.74) is 2.83. The van der Waals surface area contributed by atoms with Gasteiger partial charge in [-0.1, -0.05) is 62.2 Å². The molecule has 1 aliphatic rings. The minimum absolute atomic E-state index is 0.341. The third-order valence-electron chi connectivity index (χ3n) is 6.02. The average molecular weight is 369 g/mol. The SMILES string of the molecule is C=CCCc1ccc(-c2ccc(C3CCC(CCC)CC3)cc2)c(F)c1F. The summed E-state index contributed by atoms with van der Waals surface area (Å²) in [6.45, 7) is 5.90. The maximum atomic E-state index is 14.5. The van der Waals surface area contributed by atoms with Crippen LogP contribution in [0.25, 0.3) is 11.1 Å². The molecule has 0 aliphatic heterocycles. The van der Waals surface area contributed by atoms with E-state index < -0.39 is 11.6 Å². The van der Waals surface area contributed by atoms with Crippen molar-refractivity contribution in [1.82, 2.24) is 0 Å². The van der Waals surface area contributed by atoms with E-state index in [9.17, 15) is 8.78 Å². The van der Waals surface area contributed by atoms with Gasteiger partial charge in [-0.15, -0.1) is 6.58 Å². The van der Waals surface area contributed by atoms with Crippen molar-refractivity contribution in [1.29, 1.82) is 0 Å². The molecule has 0 N–H and O–H groups in total. The summed E-state index contributed by atoms with van der Waals surface area (Å²) in [5, 5.41) is 0. The molecule has 2 aromatic carbocycles. The second-order valence-corrected chi connectivity index (χ2v) is 7.86. The van der Waals surface area contributed by atoms with E-state index in [1.807, 2.05) is 12.1 Å². The molecule has 0 heterocycles. The second-order valence-electron chi connectivity index (χ2n) is 7.86. The molecule has 0 saturated heterocycles. The standard InChI is InChI=1S/C25H30F2/c1-3-5-7-22-16-17-23(25(27)24(22)26)21-14-12-20(13-15-21)19-10-8-18(6-4-2)9-11-19/h3,12-19H,1,4-11H2,2H3. The maximum absolute atomic E-state index is 14.5. The molecule has 0 nitrogen and oxygen atoms in total. The Hall–Kier alpha value is -1.96. The van der Waals surface area contributed by atoms with Crippen molar-refractivity contribution in [3.63, 3.8) is 0 Å². The molecule has 0 aromatic heterocycles. The van der Waals surface area contributed by atoms with Gasteiger partial charge in [0.1, 0.15) is 0 Å². The first-order valence-corrected chi connectivity index (χ1v) is 10.3. The number of hydrogen-bond donors (Lipinski definition) is 0. The van der Waals surface area contributed by atoms with Crippen LogP contribution in [0.2, 0.25) is 0 Å². The highest BCUT2D eigenvalue weighted by atomic mass is 19.2. The van der Waals surface area contributed by atoms with Gasteiger partial charge in [0, 0.05) is 5.56 Å². The third-order valence-corrected chi connectivity index (χ3v) is 6.02. The molecule has 0 atom stereocenters. The predicted octanol–water partition coefficient (Wildman–Crippen LogP) is 7.82. The Bertz CT molecular complexity index is 753.